The molecule has 1 aliphatic rings. The molecular weight excluding hydrogens is 200 g/mol. The van der Waals surface area contributed by atoms with E-state index in [-0.39, 0.29) is 11.5 Å². The van der Waals surface area contributed by atoms with Gasteiger partial charge in [0, 0.05) is 5.56 Å². The van der Waals surface area contributed by atoms with Crippen LogP contribution in [0.4, 0.5) is 0 Å². The SMILES string of the molecule is CC1CCCC(C)(C)[C@H]1[C@@H](O)c1ccoc1. The van der Waals surface area contributed by atoms with Crippen LogP contribution in [0.15, 0.2) is 23.0 Å². The van der Waals surface area contributed by atoms with Gasteiger partial charge in [0.1, 0.15) is 0 Å². The van der Waals surface area contributed by atoms with E-state index in [1.54, 1.807) is 12.5 Å². The number of rotatable bonds is 2. The van der Waals surface area contributed by atoms with Gasteiger partial charge in [-0.1, -0.05) is 33.6 Å². The van der Waals surface area contributed by atoms with Crippen LogP contribution in [0, 0.1) is 17.3 Å². The summed E-state index contributed by atoms with van der Waals surface area (Å²) in [4.78, 5) is 0. The topological polar surface area (TPSA) is 33.4 Å². The van der Waals surface area contributed by atoms with Gasteiger partial charge in [0.05, 0.1) is 18.6 Å². The molecular formula is C14H22O2. The molecule has 0 aliphatic heterocycles. The first-order valence-corrected chi connectivity index (χ1v) is 6.22. The Kier molecular flexibility index (Phi) is 3.11. The first kappa shape index (κ1) is 11.7. The van der Waals surface area contributed by atoms with Crippen LogP contribution in [-0.2, 0) is 0 Å². The average Bonchev–Trinajstić information content (AvgIpc) is 2.68. The van der Waals surface area contributed by atoms with Crippen molar-refractivity contribution in [3.05, 3.63) is 24.2 Å². The van der Waals surface area contributed by atoms with Crippen molar-refractivity contribution in [3.8, 4) is 0 Å². The zero-order chi connectivity index (χ0) is 11.8. The maximum Gasteiger partial charge on any atom is 0.0960 e. The van der Waals surface area contributed by atoms with E-state index in [4.69, 9.17) is 4.42 Å². The third-order valence-corrected chi connectivity index (χ3v) is 4.22. The van der Waals surface area contributed by atoms with Gasteiger partial charge in [0.15, 0.2) is 0 Å². The maximum absolute atomic E-state index is 10.5. The Balaban J connectivity index is 2.23. The Labute approximate surface area is 97.7 Å². The van der Waals surface area contributed by atoms with Gasteiger partial charge in [-0.15, -0.1) is 0 Å². The summed E-state index contributed by atoms with van der Waals surface area (Å²) >= 11 is 0. The van der Waals surface area contributed by atoms with Crippen LogP contribution in [0.2, 0.25) is 0 Å². The summed E-state index contributed by atoms with van der Waals surface area (Å²) in [5, 5.41) is 10.5. The molecule has 90 valence electrons. The van der Waals surface area contributed by atoms with E-state index >= 15 is 0 Å². The molecule has 0 bridgehead atoms. The third kappa shape index (κ3) is 2.03. The fourth-order valence-corrected chi connectivity index (χ4v) is 3.39. The van der Waals surface area contributed by atoms with Crippen molar-refractivity contribution < 1.29 is 9.52 Å². The Hall–Kier alpha value is -0.760. The highest BCUT2D eigenvalue weighted by atomic mass is 16.3. The molecule has 1 aliphatic carbocycles. The van der Waals surface area contributed by atoms with E-state index < -0.39 is 0 Å². The lowest BCUT2D eigenvalue weighted by molar-refractivity contribution is -0.0295. The second-order valence-electron chi connectivity index (χ2n) is 5.89. The van der Waals surface area contributed by atoms with Gasteiger partial charge in [-0.05, 0) is 29.7 Å². The zero-order valence-electron chi connectivity index (χ0n) is 10.4. The summed E-state index contributed by atoms with van der Waals surface area (Å²) in [6.07, 6.45) is 6.63. The summed E-state index contributed by atoms with van der Waals surface area (Å²) in [5.74, 6) is 0.910. The number of aliphatic hydroxyl groups excluding tert-OH is 1. The quantitative estimate of drug-likeness (QED) is 0.826. The summed E-state index contributed by atoms with van der Waals surface area (Å²) in [7, 11) is 0. The van der Waals surface area contributed by atoms with E-state index in [1.165, 1.54) is 19.3 Å². The van der Waals surface area contributed by atoms with Crippen LogP contribution in [0.3, 0.4) is 0 Å². The predicted octanol–water partition coefficient (Wildman–Crippen LogP) is 3.78. The maximum atomic E-state index is 10.5. The average molecular weight is 222 g/mol. The van der Waals surface area contributed by atoms with E-state index in [1.807, 2.05) is 6.07 Å². The molecule has 0 saturated heterocycles. The lowest BCUT2D eigenvalue weighted by Crippen LogP contribution is -2.37. The molecule has 1 aromatic heterocycles. The lowest BCUT2D eigenvalue weighted by atomic mass is 9.61. The van der Waals surface area contributed by atoms with Crippen molar-refractivity contribution >= 4 is 0 Å². The third-order valence-electron chi connectivity index (χ3n) is 4.22. The van der Waals surface area contributed by atoms with Crippen LogP contribution in [-0.4, -0.2) is 5.11 Å². The van der Waals surface area contributed by atoms with Crippen molar-refractivity contribution in [1.29, 1.82) is 0 Å². The van der Waals surface area contributed by atoms with Gasteiger partial charge >= 0.3 is 0 Å². The van der Waals surface area contributed by atoms with Gasteiger partial charge in [-0.25, -0.2) is 0 Å². The molecule has 0 aromatic carbocycles. The summed E-state index contributed by atoms with van der Waals surface area (Å²) in [6, 6.07) is 1.88. The van der Waals surface area contributed by atoms with Crippen molar-refractivity contribution in [2.75, 3.05) is 0 Å². The second kappa shape index (κ2) is 4.25. The van der Waals surface area contributed by atoms with Crippen LogP contribution >= 0.6 is 0 Å². The summed E-state index contributed by atoms with van der Waals surface area (Å²) in [6.45, 7) is 6.81. The minimum absolute atomic E-state index is 0.217. The molecule has 0 radical (unpaired) electrons. The molecule has 1 aromatic rings. The molecule has 1 unspecified atom stereocenters. The Morgan fingerprint density at radius 3 is 2.81 bits per heavy atom. The van der Waals surface area contributed by atoms with Crippen molar-refractivity contribution in [2.45, 2.75) is 46.1 Å². The molecule has 0 amide bonds. The van der Waals surface area contributed by atoms with E-state index in [2.05, 4.69) is 20.8 Å². The molecule has 16 heavy (non-hydrogen) atoms. The highest BCUT2D eigenvalue weighted by Crippen LogP contribution is 2.49. The number of hydrogen-bond donors (Lipinski definition) is 1. The first-order valence-electron chi connectivity index (χ1n) is 6.22. The summed E-state index contributed by atoms with van der Waals surface area (Å²) < 4.78 is 5.07. The van der Waals surface area contributed by atoms with Gasteiger partial charge in [0.2, 0.25) is 0 Å². The zero-order valence-corrected chi connectivity index (χ0v) is 10.4. The number of aliphatic hydroxyl groups is 1. The molecule has 2 rings (SSSR count). The normalized spacial score (nSPS) is 31.2. The van der Waals surface area contributed by atoms with Crippen molar-refractivity contribution in [3.63, 3.8) is 0 Å². The smallest absolute Gasteiger partial charge is 0.0960 e. The lowest BCUT2D eigenvalue weighted by Gasteiger charge is -2.45. The fraction of sp³-hybridized carbons (Fsp3) is 0.714. The second-order valence-corrected chi connectivity index (χ2v) is 5.89. The van der Waals surface area contributed by atoms with E-state index in [9.17, 15) is 5.11 Å². The number of furan rings is 1. The van der Waals surface area contributed by atoms with Crippen molar-refractivity contribution in [1.82, 2.24) is 0 Å². The van der Waals surface area contributed by atoms with Gasteiger partial charge in [-0.2, -0.15) is 0 Å². The Morgan fingerprint density at radius 2 is 2.25 bits per heavy atom. The Bertz CT molecular complexity index is 327. The summed E-state index contributed by atoms with van der Waals surface area (Å²) in [5.41, 5.74) is 1.14. The standard InChI is InChI=1S/C14H22O2/c1-10-5-4-7-14(2,3)12(10)13(15)11-6-8-16-9-11/h6,8-10,12-13,15H,4-5,7H2,1-3H3/t10?,12-,13+/m1/s1. The monoisotopic (exact) mass is 222 g/mol. The molecule has 1 saturated carbocycles. The molecule has 2 heteroatoms. The predicted molar refractivity (Wildman–Crippen MR) is 64.0 cm³/mol. The van der Waals surface area contributed by atoms with Crippen LogP contribution in [0.25, 0.3) is 0 Å². The molecule has 0 spiro atoms. The van der Waals surface area contributed by atoms with Crippen LogP contribution in [0.1, 0.15) is 51.7 Å². The van der Waals surface area contributed by atoms with E-state index in [0.29, 0.717) is 11.8 Å². The van der Waals surface area contributed by atoms with Crippen LogP contribution < -0.4 is 0 Å². The van der Waals surface area contributed by atoms with Gasteiger partial charge in [0.25, 0.3) is 0 Å². The molecule has 2 nitrogen and oxygen atoms in total. The number of hydrogen-bond acceptors (Lipinski definition) is 2. The molecule has 3 atom stereocenters. The fourth-order valence-electron chi connectivity index (χ4n) is 3.39. The minimum atomic E-state index is -0.385. The van der Waals surface area contributed by atoms with E-state index in [0.717, 1.165) is 5.56 Å². The molecule has 1 fully saturated rings. The van der Waals surface area contributed by atoms with Gasteiger partial charge in [-0.3, -0.25) is 0 Å². The van der Waals surface area contributed by atoms with Crippen LogP contribution in [0.5, 0.6) is 0 Å². The molecule has 1 heterocycles. The van der Waals surface area contributed by atoms with Crippen molar-refractivity contribution in [2.24, 2.45) is 17.3 Å². The highest BCUT2D eigenvalue weighted by molar-refractivity contribution is 5.12. The first-order chi connectivity index (χ1) is 7.52. The highest BCUT2D eigenvalue weighted by Gasteiger charge is 2.41. The minimum Gasteiger partial charge on any atom is -0.472 e. The Morgan fingerprint density at radius 1 is 1.50 bits per heavy atom. The largest absolute Gasteiger partial charge is 0.472 e. The van der Waals surface area contributed by atoms with Gasteiger partial charge < -0.3 is 9.52 Å². The molecule has 1 N–H and O–H groups in total.